The van der Waals surface area contributed by atoms with Crippen LogP contribution >= 0.6 is 0 Å². The SMILES string of the molecule is CC(C)(C)OC(=O)N1CCC(CN2CCN(CC(=O)N3CCN(C(=O)c4cc(CC(=N)c5ccccc5C(N)=O)ccc4F)CC3)CC2)CC1. The molecular formula is C37H50FN7O5. The number of piperazine rings is 2. The van der Waals surface area contributed by atoms with Crippen LogP contribution in [-0.2, 0) is 16.0 Å². The number of hydrogen-bond acceptors (Lipinski definition) is 8. The van der Waals surface area contributed by atoms with Gasteiger partial charge in [0.05, 0.1) is 12.1 Å². The predicted octanol–water partition coefficient (Wildman–Crippen LogP) is 3.08. The van der Waals surface area contributed by atoms with E-state index in [1.807, 2.05) is 25.7 Å². The summed E-state index contributed by atoms with van der Waals surface area (Å²) >= 11 is 0. The smallest absolute Gasteiger partial charge is 0.410 e. The fourth-order valence-corrected chi connectivity index (χ4v) is 6.85. The van der Waals surface area contributed by atoms with Crippen molar-refractivity contribution < 1.29 is 28.3 Å². The van der Waals surface area contributed by atoms with Gasteiger partial charge in [-0.15, -0.1) is 0 Å². The van der Waals surface area contributed by atoms with Gasteiger partial charge in [-0.25, -0.2) is 9.18 Å². The number of primary amides is 1. The molecular weight excluding hydrogens is 641 g/mol. The molecule has 3 aliphatic rings. The van der Waals surface area contributed by atoms with Crippen LogP contribution in [0.25, 0.3) is 0 Å². The van der Waals surface area contributed by atoms with Crippen LogP contribution in [0.3, 0.4) is 0 Å². The van der Waals surface area contributed by atoms with Gasteiger partial charge in [0.1, 0.15) is 11.4 Å². The molecule has 2 aromatic rings. The first-order chi connectivity index (χ1) is 23.8. The molecule has 4 amide bonds. The van der Waals surface area contributed by atoms with E-state index in [0.29, 0.717) is 49.8 Å². The third-order valence-electron chi connectivity index (χ3n) is 9.69. The minimum Gasteiger partial charge on any atom is -0.444 e. The first kappa shape index (κ1) is 36.9. The molecule has 270 valence electrons. The number of ether oxygens (including phenoxy) is 1. The zero-order valence-corrected chi connectivity index (χ0v) is 29.5. The first-order valence-corrected chi connectivity index (χ1v) is 17.5. The summed E-state index contributed by atoms with van der Waals surface area (Å²) in [5, 5.41) is 8.53. The van der Waals surface area contributed by atoms with Crippen LogP contribution in [0.2, 0.25) is 0 Å². The van der Waals surface area contributed by atoms with Crippen LogP contribution in [0.1, 0.15) is 65.5 Å². The van der Waals surface area contributed by atoms with Crippen LogP contribution in [0, 0.1) is 17.1 Å². The number of carbonyl (C=O) groups excluding carboxylic acids is 4. The van der Waals surface area contributed by atoms with Crippen LogP contribution in [0.4, 0.5) is 9.18 Å². The van der Waals surface area contributed by atoms with Crippen molar-refractivity contribution >= 4 is 29.5 Å². The molecule has 0 bridgehead atoms. The molecule has 0 aliphatic carbocycles. The Morgan fingerprint density at radius 2 is 1.40 bits per heavy atom. The van der Waals surface area contributed by atoms with Gasteiger partial charge in [0.15, 0.2) is 0 Å². The number of halogens is 1. The second kappa shape index (κ2) is 16.1. The van der Waals surface area contributed by atoms with E-state index in [-0.39, 0.29) is 35.3 Å². The normalized spacial score (nSPS) is 18.2. The molecule has 0 unspecified atom stereocenters. The summed E-state index contributed by atoms with van der Waals surface area (Å²) in [6.07, 6.45) is 1.78. The van der Waals surface area contributed by atoms with E-state index in [9.17, 15) is 23.6 Å². The lowest BCUT2D eigenvalue weighted by Gasteiger charge is -2.40. The number of rotatable bonds is 9. The lowest BCUT2D eigenvalue weighted by atomic mass is 9.96. The van der Waals surface area contributed by atoms with Crippen LogP contribution in [-0.4, -0.2) is 138 Å². The third-order valence-corrected chi connectivity index (χ3v) is 9.69. The number of nitrogens with one attached hydrogen (secondary N) is 1. The number of benzene rings is 2. The maximum Gasteiger partial charge on any atom is 0.410 e. The van der Waals surface area contributed by atoms with Gasteiger partial charge < -0.3 is 35.5 Å². The highest BCUT2D eigenvalue weighted by molar-refractivity contribution is 6.09. The predicted molar refractivity (Wildman–Crippen MR) is 188 cm³/mol. The molecule has 13 heteroatoms. The van der Waals surface area contributed by atoms with Gasteiger partial charge in [-0.1, -0.05) is 24.3 Å². The van der Waals surface area contributed by atoms with Crippen molar-refractivity contribution in [3.8, 4) is 0 Å². The highest BCUT2D eigenvalue weighted by Gasteiger charge is 2.31. The Morgan fingerprint density at radius 1 is 0.800 bits per heavy atom. The van der Waals surface area contributed by atoms with Crippen molar-refractivity contribution in [2.24, 2.45) is 11.7 Å². The summed E-state index contributed by atoms with van der Waals surface area (Å²) in [5.74, 6) is -1.17. The van der Waals surface area contributed by atoms with Crippen molar-refractivity contribution in [3.05, 3.63) is 70.5 Å². The maximum atomic E-state index is 14.9. The zero-order chi connectivity index (χ0) is 36.0. The summed E-state index contributed by atoms with van der Waals surface area (Å²) in [7, 11) is 0. The molecule has 3 fully saturated rings. The minimum atomic E-state index is -0.647. The Bertz CT molecular complexity index is 1570. The molecule has 5 rings (SSSR count). The van der Waals surface area contributed by atoms with Crippen molar-refractivity contribution in [1.82, 2.24) is 24.5 Å². The summed E-state index contributed by atoms with van der Waals surface area (Å²) in [6.45, 7) is 13.2. The number of nitrogens with two attached hydrogens (primary N) is 1. The van der Waals surface area contributed by atoms with Crippen molar-refractivity contribution in [2.45, 2.75) is 45.6 Å². The molecule has 0 aromatic heterocycles. The largest absolute Gasteiger partial charge is 0.444 e. The molecule has 3 aliphatic heterocycles. The van der Waals surface area contributed by atoms with E-state index in [1.54, 1.807) is 34.1 Å². The summed E-state index contributed by atoms with van der Waals surface area (Å²) < 4.78 is 20.4. The highest BCUT2D eigenvalue weighted by Crippen LogP contribution is 2.22. The maximum absolute atomic E-state index is 14.9. The average molecular weight is 692 g/mol. The number of nitrogens with zero attached hydrogens (tertiary/aromatic N) is 5. The van der Waals surface area contributed by atoms with Gasteiger partial charge in [0.2, 0.25) is 11.8 Å². The highest BCUT2D eigenvalue weighted by atomic mass is 19.1. The Labute approximate surface area is 293 Å². The number of likely N-dealkylation sites (tertiary alicyclic amines) is 1. The molecule has 0 spiro atoms. The molecule has 3 saturated heterocycles. The zero-order valence-electron chi connectivity index (χ0n) is 29.5. The standard InChI is InChI=1S/C37H50FN7O5/c1-37(2,3)50-36(49)45-12-10-26(11-13-45)24-41-14-16-42(17-15-41)25-33(46)43-18-20-44(21-19-43)35(48)30-22-27(8-9-31(30)38)23-32(39)28-6-4-5-7-29(28)34(40)47/h4-9,22,26,39H,10-21,23-25H2,1-3H3,(H2,40,47). The van der Waals surface area contributed by atoms with Gasteiger partial charge in [-0.05, 0) is 63.3 Å². The second-order valence-electron chi connectivity index (χ2n) is 14.5. The van der Waals surface area contributed by atoms with Gasteiger partial charge in [0, 0.05) is 95.3 Å². The molecule has 12 nitrogen and oxygen atoms in total. The molecule has 3 N–H and O–H groups in total. The Hall–Kier alpha value is -4.36. The lowest BCUT2D eigenvalue weighted by Crippen LogP contribution is -2.55. The van der Waals surface area contributed by atoms with E-state index < -0.39 is 23.2 Å². The monoisotopic (exact) mass is 691 g/mol. The van der Waals surface area contributed by atoms with Crippen molar-refractivity contribution in [1.29, 1.82) is 5.41 Å². The molecule has 2 aromatic carbocycles. The Balaban J connectivity index is 1.04. The van der Waals surface area contributed by atoms with Gasteiger partial charge in [-0.3, -0.25) is 19.3 Å². The number of amides is 4. The van der Waals surface area contributed by atoms with Gasteiger partial charge in [-0.2, -0.15) is 0 Å². The Morgan fingerprint density at radius 3 is 2.02 bits per heavy atom. The molecule has 3 heterocycles. The number of hydrogen-bond donors (Lipinski definition) is 2. The molecule has 50 heavy (non-hydrogen) atoms. The summed E-state index contributed by atoms with van der Waals surface area (Å²) in [4.78, 5) is 60.5. The first-order valence-electron chi connectivity index (χ1n) is 17.5. The molecule has 0 saturated carbocycles. The fourth-order valence-electron chi connectivity index (χ4n) is 6.85. The third kappa shape index (κ3) is 9.66. The fraction of sp³-hybridized carbons (Fsp3) is 0.541. The van der Waals surface area contributed by atoms with Crippen molar-refractivity contribution in [2.75, 3.05) is 78.5 Å². The summed E-state index contributed by atoms with van der Waals surface area (Å²) in [5.41, 5.74) is 6.23. The molecule has 0 radical (unpaired) electrons. The van der Waals surface area contributed by atoms with E-state index in [1.165, 1.54) is 18.2 Å². The van der Waals surface area contributed by atoms with Crippen LogP contribution in [0.5, 0.6) is 0 Å². The quantitative estimate of drug-likeness (QED) is 0.385. The lowest BCUT2D eigenvalue weighted by molar-refractivity contribution is -0.134. The number of carbonyl (C=O) groups is 4. The van der Waals surface area contributed by atoms with Crippen LogP contribution < -0.4 is 5.73 Å². The second-order valence-corrected chi connectivity index (χ2v) is 14.5. The summed E-state index contributed by atoms with van der Waals surface area (Å²) in [6, 6.07) is 10.8. The average Bonchev–Trinajstić information content (AvgIpc) is 3.09. The topological polar surface area (TPSA) is 144 Å². The molecule has 0 atom stereocenters. The van der Waals surface area contributed by atoms with E-state index >= 15 is 0 Å². The van der Waals surface area contributed by atoms with Crippen LogP contribution in [0.15, 0.2) is 42.5 Å². The number of piperidine rings is 1. The van der Waals surface area contributed by atoms with Crippen molar-refractivity contribution in [3.63, 3.8) is 0 Å². The minimum absolute atomic E-state index is 0.0306. The van der Waals surface area contributed by atoms with E-state index in [2.05, 4.69) is 9.80 Å². The van der Waals surface area contributed by atoms with E-state index in [4.69, 9.17) is 15.9 Å². The van der Waals surface area contributed by atoms with Gasteiger partial charge in [0.25, 0.3) is 5.91 Å². The van der Waals surface area contributed by atoms with Gasteiger partial charge >= 0.3 is 6.09 Å². The Kier molecular flexibility index (Phi) is 11.9. The van der Waals surface area contributed by atoms with E-state index in [0.717, 1.165) is 58.7 Å².